The topological polar surface area (TPSA) is 66.5 Å². The van der Waals surface area contributed by atoms with Gasteiger partial charge in [-0.3, -0.25) is 4.79 Å². The van der Waals surface area contributed by atoms with Crippen molar-refractivity contribution in [3.8, 4) is 11.1 Å². The Kier molecular flexibility index (Phi) is 5.79. The van der Waals surface area contributed by atoms with Gasteiger partial charge in [0.25, 0.3) is 5.92 Å². The summed E-state index contributed by atoms with van der Waals surface area (Å²) in [5.74, 6) is -9.12. The zero-order valence-corrected chi connectivity index (χ0v) is 18.0. The maximum Gasteiger partial charge on any atom is 0.268 e. The Morgan fingerprint density at radius 1 is 1.09 bits per heavy atom. The molecule has 172 valence electrons. The molecule has 2 aliphatic rings. The lowest BCUT2D eigenvalue weighted by Crippen LogP contribution is -2.50. The van der Waals surface area contributed by atoms with Crippen molar-refractivity contribution in [1.29, 1.82) is 0 Å². The number of carbonyl (C=O) groups is 1. The smallest absolute Gasteiger partial charge is 0.268 e. The second-order valence-corrected chi connectivity index (χ2v) is 10.1. The van der Waals surface area contributed by atoms with E-state index < -0.39 is 56.9 Å². The van der Waals surface area contributed by atoms with E-state index >= 15 is 0 Å². The van der Waals surface area contributed by atoms with Crippen molar-refractivity contribution in [1.82, 2.24) is 9.62 Å². The fourth-order valence-corrected chi connectivity index (χ4v) is 5.34. The van der Waals surface area contributed by atoms with Crippen molar-refractivity contribution in [2.45, 2.75) is 30.7 Å². The number of halogens is 4. The zero-order chi connectivity index (χ0) is 23.3. The highest BCUT2D eigenvalue weighted by atomic mass is 32.2. The normalized spacial score (nSPS) is 24.9. The average molecular weight is 470 g/mol. The number of hydrogen-bond donors (Lipinski definition) is 1. The molecule has 2 aromatic carbocycles. The predicted octanol–water partition coefficient (Wildman–Crippen LogP) is 3.52. The highest BCUT2D eigenvalue weighted by Gasteiger charge is 2.73. The van der Waals surface area contributed by atoms with Crippen molar-refractivity contribution in [2.75, 3.05) is 19.3 Å². The molecule has 2 aromatic rings. The molecule has 3 atom stereocenters. The lowest BCUT2D eigenvalue weighted by Gasteiger charge is -2.33. The number of nitrogens with zero attached hydrogens (tertiary/aromatic N) is 1. The number of nitrogens with one attached hydrogen (secondary N) is 1. The van der Waals surface area contributed by atoms with Crippen LogP contribution in [0.2, 0.25) is 0 Å². The number of piperidine rings is 1. The van der Waals surface area contributed by atoms with Crippen LogP contribution in [0.1, 0.15) is 24.3 Å². The zero-order valence-electron chi connectivity index (χ0n) is 17.2. The summed E-state index contributed by atoms with van der Waals surface area (Å²) in [6.45, 7) is 0.235. The van der Waals surface area contributed by atoms with E-state index in [1.165, 1.54) is 35.2 Å². The van der Waals surface area contributed by atoms with Gasteiger partial charge >= 0.3 is 0 Å². The summed E-state index contributed by atoms with van der Waals surface area (Å²) in [4.78, 5) is 14.2. The molecule has 1 N–H and O–H groups in total. The van der Waals surface area contributed by atoms with Crippen molar-refractivity contribution >= 4 is 15.9 Å². The summed E-state index contributed by atoms with van der Waals surface area (Å²) in [5, 5.41) is 0. The standard InChI is InChI=1S/C22H22F4N2O3S/c1-32(30,31)27-13-6-5-11-28(12-13)21(29)20-19(22(20,25)26)15-8-3-2-7-14(15)18-16(23)9-4-10-17(18)24/h2-4,7-10,13,19-20,27H,5-6,11-12H2,1H3/t13-,19+,20-/m0/s1. The van der Waals surface area contributed by atoms with Crippen LogP contribution in [-0.4, -0.2) is 50.5 Å². The molecule has 1 aliphatic heterocycles. The van der Waals surface area contributed by atoms with Crippen molar-refractivity contribution in [3.05, 3.63) is 59.7 Å². The Labute approximate surface area is 183 Å². The van der Waals surface area contributed by atoms with Gasteiger partial charge in [0, 0.05) is 19.1 Å². The lowest BCUT2D eigenvalue weighted by molar-refractivity contribution is -0.136. The molecular formula is C22H22F4N2O3S. The van der Waals surface area contributed by atoms with E-state index in [4.69, 9.17) is 0 Å². The van der Waals surface area contributed by atoms with Crippen LogP contribution in [0.25, 0.3) is 11.1 Å². The molecule has 0 spiro atoms. The summed E-state index contributed by atoms with van der Waals surface area (Å²) in [7, 11) is -3.51. The number of carbonyl (C=O) groups excluding carboxylic acids is 1. The summed E-state index contributed by atoms with van der Waals surface area (Å²) < 4.78 is 83.9. The average Bonchev–Trinajstić information content (AvgIpc) is 3.28. The van der Waals surface area contributed by atoms with Gasteiger partial charge in [-0.25, -0.2) is 30.7 Å². The summed E-state index contributed by atoms with van der Waals surface area (Å²) in [6.07, 6.45) is 1.97. The van der Waals surface area contributed by atoms with E-state index in [9.17, 15) is 30.8 Å². The molecule has 4 rings (SSSR count). The first-order valence-electron chi connectivity index (χ1n) is 10.2. The first kappa shape index (κ1) is 22.7. The molecule has 2 fully saturated rings. The first-order valence-corrected chi connectivity index (χ1v) is 12.1. The fraction of sp³-hybridized carbons (Fsp3) is 0.409. The van der Waals surface area contributed by atoms with Crippen LogP contribution in [0.5, 0.6) is 0 Å². The van der Waals surface area contributed by atoms with Gasteiger partial charge in [-0.1, -0.05) is 30.3 Å². The Balaban J connectivity index is 1.62. The Hall–Kier alpha value is -2.46. The van der Waals surface area contributed by atoms with E-state index in [0.29, 0.717) is 12.8 Å². The van der Waals surface area contributed by atoms with E-state index in [-0.39, 0.29) is 24.2 Å². The van der Waals surface area contributed by atoms with Crippen LogP contribution >= 0.6 is 0 Å². The Morgan fingerprint density at radius 2 is 1.75 bits per heavy atom. The second kappa shape index (κ2) is 8.15. The summed E-state index contributed by atoms with van der Waals surface area (Å²) in [5.41, 5.74) is -0.423. The van der Waals surface area contributed by atoms with Crippen LogP contribution in [0.3, 0.4) is 0 Å². The molecule has 0 unspecified atom stereocenters. The second-order valence-electron chi connectivity index (χ2n) is 8.33. The number of alkyl halides is 2. The molecule has 0 radical (unpaired) electrons. The molecule has 10 heteroatoms. The SMILES string of the molecule is CS(=O)(=O)N[C@H]1CCCN(C(=O)[C@@H]2[C@@H](c3ccccc3-c3c(F)cccc3F)C2(F)F)C1. The molecule has 0 aromatic heterocycles. The van der Waals surface area contributed by atoms with Gasteiger partial charge in [-0.05, 0) is 36.1 Å². The monoisotopic (exact) mass is 470 g/mol. The largest absolute Gasteiger partial charge is 0.341 e. The minimum Gasteiger partial charge on any atom is -0.341 e. The van der Waals surface area contributed by atoms with Crippen LogP contribution in [0, 0.1) is 17.6 Å². The molecule has 1 heterocycles. The maximum absolute atomic E-state index is 14.9. The summed E-state index contributed by atoms with van der Waals surface area (Å²) in [6, 6.07) is 8.43. The van der Waals surface area contributed by atoms with Gasteiger partial charge in [0.2, 0.25) is 15.9 Å². The highest BCUT2D eigenvalue weighted by Crippen LogP contribution is 2.63. The Morgan fingerprint density at radius 3 is 2.41 bits per heavy atom. The number of sulfonamides is 1. The quantitative estimate of drug-likeness (QED) is 0.680. The van der Waals surface area contributed by atoms with E-state index in [1.54, 1.807) is 0 Å². The molecule has 0 bridgehead atoms. The van der Waals surface area contributed by atoms with Crippen molar-refractivity contribution in [3.63, 3.8) is 0 Å². The van der Waals surface area contributed by atoms with Gasteiger partial charge in [0.1, 0.15) is 17.6 Å². The van der Waals surface area contributed by atoms with E-state index in [2.05, 4.69) is 4.72 Å². The molecule has 32 heavy (non-hydrogen) atoms. The molecule has 1 aliphatic carbocycles. The van der Waals surface area contributed by atoms with Crippen LogP contribution < -0.4 is 4.72 Å². The van der Waals surface area contributed by atoms with Gasteiger partial charge in [-0.2, -0.15) is 0 Å². The number of hydrogen-bond acceptors (Lipinski definition) is 3. The maximum atomic E-state index is 14.9. The van der Waals surface area contributed by atoms with Crippen LogP contribution in [0.15, 0.2) is 42.5 Å². The minimum atomic E-state index is -3.51. The van der Waals surface area contributed by atoms with Crippen LogP contribution in [-0.2, 0) is 14.8 Å². The van der Waals surface area contributed by atoms with Gasteiger partial charge in [0.05, 0.1) is 17.7 Å². The molecule has 1 amide bonds. The summed E-state index contributed by atoms with van der Waals surface area (Å²) >= 11 is 0. The van der Waals surface area contributed by atoms with E-state index in [1.807, 2.05) is 0 Å². The third-order valence-corrected chi connectivity index (χ3v) is 6.72. The molecule has 5 nitrogen and oxygen atoms in total. The molecule has 1 saturated carbocycles. The highest BCUT2D eigenvalue weighted by molar-refractivity contribution is 7.88. The van der Waals surface area contributed by atoms with E-state index in [0.717, 1.165) is 18.4 Å². The lowest BCUT2D eigenvalue weighted by atomic mass is 9.94. The predicted molar refractivity (Wildman–Crippen MR) is 111 cm³/mol. The molecular weight excluding hydrogens is 448 g/mol. The van der Waals surface area contributed by atoms with Crippen LogP contribution in [0.4, 0.5) is 17.6 Å². The van der Waals surface area contributed by atoms with Gasteiger partial charge < -0.3 is 4.90 Å². The van der Waals surface area contributed by atoms with Crippen molar-refractivity contribution < 1.29 is 30.8 Å². The number of likely N-dealkylation sites (tertiary alicyclic amines) is 1. The van der Waals surface area contributed by atoms with Gasteiger partial charge in [0.15, 0.2) is 0 Å². The van der Waals surface area contributed by atoms with Crippen molar-refractivity contribution in [2.24, 2.45) is 5.92 Å². The third-order valence-electron chi connectivity index (χ3n) is 5.96. The minimum absolute atomic E-state index is 0.00247. The number of amides is 1. The first-order chi connectivity index (χ1) is 15.0. The number of rotatable bonds is 5. The fourth-order valence-electron chi connectivity index (χ4n) is 4.54. The van der Waals surface area contributed by atoms with Gasteiger partial charge in [-0.15, -0.1) is 0 Å². The number of benzene rings is 2. The molecule has 1 saturated heterocycles. The Bertz CT molecular complexity index is 1140. The third kappa shape index (κ3) is 4.25.